The van der Waals surface area contributed by atoms with Gasteiger partial charge in [-0.2, -0.15) is 5.26 Å². The van der Waals surface area contributed by atoms with Crippen LogP contribution in [0.5, 0.6) is 0 Å². The van der Waals surface area contributed by atoms with Crippen molar-refractivity contribution in [2.75, 3.05) is 5.32 Å². The number of hydrogen-bond acceptors (Lipinski definition) is 4. The predicted octanol–water partition coefficient (Wildman–Crippen LogP) is 0.835. The molecule has 0 bridgehead atoms. The van der Waals surface area contributed by atoms with Crippen LogP contribution in [-0.2, 0) is 4.79 Å². The van der Waals surface area contributed by atoms with Crippen molar-refractivity contribution < 1.29 is 9.32 Å². The summed E-state index contributed by atoms with van der Waals surface area (Å²) in [5.74, 6) is 0.570. The van der Waals surface area contributed by atoms with Crippen LogP contribution in [0.4, 0.5) is 5.82 Å². The summed E-state index contributed by atoms with van der Waals surface area (Å²) in [5.41, 5.74) is 0. The van der Waals surface area contributed by atoms with Gasteiger partial charge in [0.05, 0.1) is 6.07 Å². The minimum absolute atomic E-state index is 0.175. The Morgan fingerprint density at radius 2 is 2.67 bits per heavy atom. The van der Waals surface area contributed by atoms with Crippen molar-refractivity contribution in [3.63, 3.8) is 0 Å². The van der Waals surface area contributed by atoms with Crippen LogP contribution in [0.15, 0.2) is 10.6 Å². The minimum Gasteiger partial charge on any atom is -0.360 e. The van der Waals surface area contributed by atoms with Crippen LogP contribution in [0.1, 0.15) is 12.2 Å². The van der Waals surface area contributed by atoms with Gasteiger partial charge in [0.15, 0.2) is 5.82 Å². The SMILES string of the molecule is Cc1cc(NC(=O)CC#N)no1. The molecule has 5 heteroatoms. The fourth-order valence-electron chi connectivity index (χ4n) is 0.684. The van der Waals surface area contributed by atoms with Gasteiger partial charge in [0, 0.05) is 6.07 Å². The van der Waals surface area contributed by atoms with Crippen molar-refractivity contribution in [2.24, 2.45) is 0 Å². The molecule has 0 saturated heterocycles. The highest BCUT2D eigenvalue weighted by Crippen LogP contribution is 2.06. The zero-order chi connectivity index (χ0) is 8.97. The van der Waals surface area contributed by atoms with Crippen molar-refractivity contribution in [3.05, 3.63) is 11.8 Å². The van der Waals surface area contributed by atoms with Crippen LogP contribution in [-0.4, -0.2) is 11.1 Å². The van der Waals surface area contributed by atoms with Gasteiger partial charge in [-0.1, -0.05) is 5.16 Å². The molecule has 0 spiro atoms. The van der Waals surface area contributed by atoms with Crippen LogP contribution >= 0.6 is 0 Å². The largest absolute Gasteiger partial charge is 0.360 e. The number of aromatic nitrogens is 1. The average molecular weight is 165 g/mol. The van der Waals surface area contributed by atoms with Crippen LogP contribution in [0, 0.1) is 18.3 Å². The molecule has 1 rings (SSSR count). The third-order valence-corrected chi connectivity index (χ3v) is 1.14. The standard InChI is InChI=1S/C7H7N3O2/c1-5-4-6(10-12-5)9-7(11)2-3-8/h4H,2H2,1H3,(H,9,10,11). The summed E-state index contributed by atoms with van der Waals surface area (Å²) in [6.07, 6.45) is -0.175. The lowest BCUT2D eigenvalue weighted by Gasteiger charge is -1.93. The molecule has 0 radical (unpaired) electrons. The molecular formula is C7H7N3O2. The van der Waals surface area contributed by atoms with Crippen molar-refractivity contribution in [1.82, 2.24) is 5.16 Å². The topological polar surface area (TPSA) is 78.9 Å². The number of anilines is 1. The van der Waals surface area contributed by atoms with E-state index in [4.69, 9.17) is 9.78 Å². The summed E-state index contributed by atoms with van der Waals surface area (Å²) in [6.45, 7) is 1.72. The molecule has 1 aromatic rings. The zero-order valence-corrected chi connectivity index (χ0v) is 6.50. The third kappa shape index (κ3) is 2.09. The normalized spacial score (nSPS) is 9.00. The number of aryl methyl sites for hydroxylation is 1. The maximum absolute atomic E-state index is 10.8. The molecule has 0 atom stereocenters. The number of hydrogen-bond donors (Lipinski definition) is 1. The van der Waals surface area contributed by atoms with E-state index in [2.05, 4.69) is 10.5 Å². The van der Waals surface area contributed by atoms with Gasteiger partial charge in [0.25, 0.3) is 0 Å². The van der Waals surface area contributed by atoms with Gasteiger partial charge >= 0.3 is 0 Å². The van der Waals surface area contributed by atoms with E-state index >= 15 is 0 Å². The quantitative estimate of drug-likeness (QED) is 0.704. The molecule has 1 heterocycles. The van der Waals surface area contributed by atoms with Crippen LogP contribution in [0.3, 0.4) is 0 Å². The Morgan fingerprint density at radius 3 is 3.17 bits per heavy atom. The Labute approximate surface area is 69.0 Å². The lowest BCUT2D eigenvalue weighted by molar-refractivity contribution is -0.115. The molecule has 12 heavy (non-hydrogen) atoms. The van der Waals surface area contributed by atoms with Crippen LogP contribution < -0.4 is 5.32 Å². The minimum atomic E-state index is -0.384. The summed E-state index contributed by atoms with van der Waals surface area (Å²) in [7, 11) is 0. The number of carbonyl (C=O) groups excluding carboxylic acids is 1. The van der Waals surface area contributed by atoms with Crippen LogP contribution in [0.25, 0.3) is 0 Å². The highest BCUT2D eigenvalue weighted by Gasteiger charge is 2.04. The van der Waals surface area contributed by atoms with E-state index in [0.717, 1.165) is 0 Å². The Bertz CT molecular complexity index is 324. The monoisotopic (exact) mass is 165 g/mol. The summed E-state index contributed by atoms with van der Waals surface area (Å²) in [6, 6.07) is 3.30. The smallest absolute Gasteiger partial charge is 0.239 e. The fourth-order valence-corrected chi connectivity index (χ4v) is 0.684. The fraction of sp³-hybridized carbons (Fsp3) is 0.286. The lowest BCUT2D eigenvalue weighted by atomic mass is 10.4. The van der Waals surface area contributed by atoms with E-state index in [1.54, 1.807) is 19.1 Å². The maximum Gasteiger partial charge on any atom is 0.239 e. The van der Waals surface area contributed by atoms with E-state index in [-0.39, 0.29) is 12.3 Å². The van der Waals surface area contributed by atoms with Crippen molar-refractivity contribution in [2.45, 2.75) is 13.3 Å². The first-order valence-corrected chi connectivity index (χ1v) is 3.32. The van der Waals surface area contributed by atoms with Gasteiger partial charge in [-0.15, -0.1) is 0 Å². The van der Waals surface area contributed by atoms with Gasteiger partial charge in [0.1, 0.15) is 12.2 Å². The number of nitrogens with zero attached hydrogens (tertiary/aromatic N) is 2. The number of amides is 1. The van der Waals surface area contributed by atoms with Gasteiger partial charge in [0.2, 0.25) is 5.91 Å². The van der Waals surface area contributed by atoms with Crippen LogP contribution in [0.2, 0.25) is 0 Å². The van der Waals surface area contributed by atoms with E-state index in [9.17, 15) is 4.79 Å². The van der Waals surface area contributed by atoms with Crippen molar-refractivity contribution >= 4 is 11.7 Å². The first-order valence-electron chi connectivity index (χ1n) is 3.32. The lowest BCUT2D eigenvalue weighted by Crippen LogP contribution is -2.09. The zero-order valence-electron chi connectivity index (χ0n) is 6.50. The Morgan fingerprint density at radius 1 is 1.92 bits per heavy atom. The van der Waals surface area contributed by atoms with E-state index in [0.29, 0.717) is 11.6 Å². The van der Waals surface area contributed by atoms with Crippen molar-refractivity contribution in [1.29, 1.82) is 5.26 Å². The molecule has 0 saturated carbocycles. The van der Waals surface area contributed by atoms with E-state index < -0.39 is 0 Å². The summed E-state index contributed by atoms with van der Waals surface area (Å²) < 4.78 is 4.70. The second kappa shape index (κ2) is 3.53. The van der Waals surface area contributed by atoms with Gasteiger partial charge in [-0.25, -0.2) is 0 Å². The van der Waals surface area contributed by atoms with Crippen molar-refractivity contribution in [3.8, 4) is 6.07 Å². The number of carbonyl (C=O) groups is 1. The third-order valence-electron chi connectivity index (χ3n) is 1.14. The van der Waals surface area contributed by atoms with E-state index in [1.807, 2.05) is 0 Å². The second-order valence-corrected chi connectivity index (χ2v) is 2.21. The average Bonchev–Trinajstić information content (AvgIpc) is 2.36. The highest BCUT2D eigenvalue weighted by atomic mass is 16.5. The molecule has 1 amide bonds. The highest BCUT2D eigenvalue weighted by molar-refractivity contribution is 5.91. The molecule has 5 nitrogen and oxygen atoms in total. The first-order chi connectivity index (χ1) is 5.72. The van der Waals surface area contributed by atoms with Gasteiger partial charge in [-0.3, -0.25) is 4.79 Å². The Kier molecular flexibility index (Phi) is 2.43. The summed E-state index contributed by atoms with van der Waals surface area (Å²) in [4.78, 5) is 10.8. The molecule has 62 valence electrons. The molecule has 0 fully saturated rings. The second-order valence-electron chi connectivity index (χ2n) is 2.21. The summed E-state index contributed by atoms with van der Waals surface area (Å²) >= 11 is 0. The molecule has 0 aliphatic heterocycles. The number of rotatable bonds is 2. The summed E-state index contributed by atoms with van der Waals surface area (Å²) in [5, 5.41) is 14.1. The maximum atomic E-state index is 10.8. The molecule has 0 unspecified atom stereocenters. The molecule has 0 aliphatic carbocycles. The molecule has 0 aliphatic rings. The number of nitrogens with one attached hydrogen (secondary N) is 1. The number of nitriles is 1. The predicted molar refractivity (Wildman–Crippen MR) is 40.1 cm³/mol. The molecule has 0 aromatic carbocycles. The molecule has 1 N–H and O–H groups in total. The van der Waals surface area contributed by atoms with Gasteiger partial charge in [-0.05, 0) is 6.92 Å². The Hall–Kier alpha value is -1.83. The first kappa shape index (κ1) is 8.27. The van der Waals surface area contributed by atoms with Gasteiger partial charge < -0.3 is 9.84 Å². The molecule has 1 aromatic heterocycles. The molecular weight excluding hydrogens is 158 g/mol. The van der Waals surface area contributed by atoms with E-state index in [1.165, 1.54) is 0 Å². The Balaban J connectivity index is 2.53.